The van der Waals surface area contributed by atoms with Crippen LogP contribution < -0.4 is 10.1 Å². The minimum Gasteiger partial charge on any atom is -0.437 e. The summed E-state index contributed by atoms with van der Waals surface area (Å²) in [6, 6.07) is 8.89. The van der Waals surface area contributed by atoms with Crippen molar-refractivity contribution in [2.24, 2.45) is 0 Å². The van der Waals surface area contributed by atoms with Crippen LogP contribution in [-0.4, -0.2) is 10.5 Å². The number of aromatic nitrogens is 1. The van der Waals surface area contributed by atoms with Crippen LogP contribution in [0.25, 0.3) is 0 Å². The van der Waals surface area contributed by atoms with E-state index in [0.717, 1.165) is 12.1 Å². The Hall–Kier alpha value is -1.29. The van der Waals surface area contributed by atoms with Gasteiger partial charge in [0.15, 0.2) is 0 Å². The van der Waals surface area contributed by atoms with Crippen molar-refractivity contribution in [3.05, 3.63) is 52.1 Å². The highest BCUT2D eigenvalue weighted by molar-refractivity contribution is 6.35. The molecule has 21 heavy (non-hydrogen) atoms. The van der Waals surface area contributed by atoms with E-state index in [2.05, 4.69) is 31.1 Å². The van der Waals surface area contributed by atoms with Gasteiger partial charge in [-0.1, -0.05) is 29.3 Å². The fourth-order valence-electron chi connectivity index (χ4n) is 1.61. The molecule has 0 unspecified atom stereocenters. The molecule has 0 saturated carbocycles. The molecule has 112 valence electrons. The first-order valence-corrected chi connectivity index (χ1v) is 7.42. The molecule has 0 saturated heterocycles. The zero-order valence-electron chi connectivity index (χ0n) is 12.3. The van der Waals surface area contributed by atoms with Crippen molar-refractivity contribution in [3.63, 3.8) is 0 Å². The lowest BCUT2D eigenvalue weighted by atomic mass is 10.1. The van der Waals surface area contributed by atoms with Gasteiger partial charge in [0, 0.05) is 29.4 Å². The van der Waals surface area contributed by atoms with Crippen molar-refractivity contribution < 1.29 is 4.74 Å². The average molecular weight is 325 g/mol. The molecule has 1 aromatic heterocycles. The normalized spacial score (nSPS) is 11.5. The molecule has 0 aliphatic heterocycles. The molecule has 3 nitrogen and oxygen atoms in total. The first-order chi connectivity index (χ1) is 9.83. The van der Waals surface area contributed by atoms with E-state index in [9.17, 15) is 0 Å². The molecular formula is C16H18Cl2N2O. The number of rotatable bonds is 4. The lowest BCUT2D eigenvalue weighted by Gasteiger charge is -2.20. The highest BCUT2D eigenvalue weighted by Crippen LogP contribution is 2.30. The van der Waals surface area contributed by atoms with E-state index < -0.39 is 0 Å². The highest BCUT2D eigenvalue weighted by Gasteiger charge is 2.09. The largest absolute Gasteiger partial charge is 0.437 e. The second-order valence-corrected chi connectivity index (χ2v) is 6.63. The predicted molar refractivity (Wildman–Crippen MR) is 87.4 cm³/mol. The van der Waals surface area contributed by atoms with Crippen LogP contribution in [0.2, 0.25) is 10.0 Å². The molecule has 0 fully saturated rings. The minimum absolute atomic E-state index is 0.0754. The third-order valence-corrected chi connectivity index (χ3v) is 3.26. The average Bonchev–Trinajstić information content (AvgIpc) is 2.40. The van der Waals surface area contributed by atoms with Gasteiger partial charge in [-0.2, -0.15) is 0 Å². The Kier molecular flexibility index (Phi) is 5.09. The molecule has 0 aliphatic carbocycles. The number of hydrogen-bond donors (Lipinski definition) is 1. The summed E-state index contributed by atoms with van der Waals surface area (Å²) < 4.78 is 5.64. The standard InChI is InChI=1S/C16H18Cl2N2O/c1-16(2,3)20-10-11-4-7-15(19-9-11)21-14-6-5-12(17)8-13(14)18/h4-9,20H,10H2,1-3H3. The van der Waals surface area contributed by atoms with Crippen LogP contribution in [0.1, 0.15) is 26.3 Å². The van der Waals surface area contributed by atoms with Crippen LogP contribution in [0.3, 0.4) is 0 Å². The maximum Gasteiger partial charge on any atom is 0.219 e. The molecule has 2 rings (SSSR count). The molecule has 1 aromatic carbocycles. The molecule has 0 radical (unpaired) electrons. The number of hydrogen-bond acceptors (Lipinski definition) is 3. The predicted octanol–water partition coefficient (Wildman–Crippen LogP) is 5.07. The molecule has 1 heterocycles. The van der Waals surface area contributed by atoms with Gasteiger partial charge in [-0.25, -0.2) is 4.98 Å². The highest BCUT2D eigenvalue weighted by atomic mass is 35.5. The maximum atomic E-state index is 6.06. The quantitative estimate of drug-likeness (QED) is 0.852. The lowest BCUT2D eigenvalue weighted by molar-refractivity contribution is 0.423. The van der Waals surface area contributed by atoms with Crippen molar-refractivity contribution >= 4 is 23.2 Å². The summed E-state index contributed by atoms with van der Waals surface area (Å²) >= 11 is 11.9. The summed E-state index contributed by atoms with van der Waals surface area (Å²) in [6.45, 7) is 7.14. The molecule has 0 amide bonds. The molecule has 0 aliphatic rings. The van der Waals surface area contributed by atoms with Gasteiger partial charge in [0.2, 0.25) is 5.88 Å². The summed E-state index contributed by atoms with van der Waals surface area (Å²) in [7, 11) is 0. The van der Waals surface area contributed by atoms with Gasteiger partial charge >= 0.3 is 0 Å². The Labute approximate surface area is 135 Å². The SMILES string of the molecule is CC(C)(C)NCc1ccc(Oc2ccc(Cl)cc2Cl)nc1. The third-order valence-electron chi connectivity index (χ3n) is 2.73. The van der Waals surface area contributed by atoms with Crippen LogP contribution in [0, 0.1) is 0 Å². The Morgan fingerprint density at radius 1 is 1.14 bits per heavy atom. The zero-order chi connectivity index (χ0) is 15.5. The summed E-state index contributed by atoms with van der Waals surface area (Å²) in [5, 5.41) is 4.44. The third kappa shape index (κ3) is 5.20. The van der Waals surface area contributed by atoms with Crippen LogP contribution in [-0.2, 0) is 6.54 Å². The molecule has 0 atom stereocenters. The molecule has 1 N–H and O–H groups in total. The summed E-state index contributed by atoms with van der Waals surface area (Å²) in [6.07, 6.45) is 1.79. The Bertz CT molecular complexity index is 607. The van der Waals surface area contributed by atoms with Crippen molar-refractivity contribution in [2.45, 2.75) is 32.9 Å². The van der Waals surface area contributed by atoms with Crippen molar-refractivity contribution in [1.82, 2.24) is 10.3 Å². The van der Waals surface area contributed by atoms with E-state index in [-0.39, 0.29) is 5.54 Å². The number of ether oxygens (including phenoxy) is 1. The first kappa shape index (κ1) is 16.1. The van der Waals surface area contributed by atoms with E-state index in [1.54, 1.807) is 24.4 Å². The molecule has 2 aromatic rings. The molecule has 0 spiro atoms. The summed E-state index contributed by atoms with van der Waals surface area (Å²) in [5.74, 6) is 1.04. The summed E-state index contributed by atoms with van der Waals surface area (Å²) in [4.78, 5) is 4.28. The fraction of sp³-hybridized carbons (Fsp3) is 0.312. The molecular weight excluding hydrogens is 307 g/mol. The molecule has 0 bridgehead atoms. The lowest BCUT2D eigenvalue weighted by Crippen LogP contribution is -2.35. The van der Waals surface area contributed by atoms with E-state index in [4.69, 9.17) is 27.9 Å². The minimum atomic E-state index is 0.0754. The van der Waals surface area contributed by atoms with Gasteiger partial charge in [-0.15, -0.1) is 0 Å². The van der Waals surface area contributed by atoms with Crippen LogP contribution in [0.4, 0.5) is 0 Å². The summed E-state index contributed by atoms with van der Waals surface area (Å²) in [5.41, 5.74) is 1.17. The van der Waals surface area contributed by atoms with Gasteiger partial charge in [-0.05, 0) is 44.5 Å². The van der Waals surface area contributed by atoms with Crippen molar-refractivity contribution in [3.8, 4) is 11.6 Å². The number of nitrogens with zero attached hydrogens (tertiary/aromatic N) is 1. The van der Waals surface area contributed by atoms with Gasteiger partial charge in [-0.3, -0.25) is 0 Å². The van der Waals surface area contributed by atoms with Gasteiger partial charge in [0.05, 0.1) is 5.02 Å². The first-order valence-electron chi connectivity index (χ1n) is 6.66. The second-order valence-electron chi connectivity index (χ2n) is 5.79. The van der Waals surface area contributed by atoms with Gasteiger partial charge < -0.3 is 10.1 Å². The Balaban J connectivity index is 2.02. The van der Waals surface area contributed by atoms with Crippen molar-refractivity contribution in [2.75, 3.05) is 0 Å². The van der Waals surface area contributed by atoms with E-state index in [0.29, 0.717) is 21.7 Å². The maximum absolute atomic E-state index is 6.06. The Morgan fingerprint density at radius 2 is 1.90 bits per heavy atom. The number of halogens is 2. The number of benzene rings is 1. The number of nitrogens with one attached hydrogen (secondary N) is 1. The second kappa shape index (κ2) is 6.65. The van der Waals surface area contributed by atoms with Gasteiger partial charge in [0.25, 0.3) is 0 Å². The van der Waals surface area contributed by atoms with Crippen LogP contribution in [0.5, 0.6) is 11.6 Å². The van der Waals surface area contributed by atoms with E-state index in [1.165, 1.54) is 0 Å². The zero-order valence-corrected chi connectivity index (χ0v) is 13.8. The fourth-order valence-corrected chi connectivity index (χ4v) is 2.06. The monoisotopic (exact) mass is 324 g/mol. The van der Waals surface area contributed by atoms with Crippen molar-refractivity contribution in [1.29, 1.82) is 0 Å². The topological polar surface area (TPSA) is 34.1 Å². The van der Waals surface area contributed by atoms with Crippen LogP contribution >= 0.6 is 23.2 Å². The van der Waals surface area contributed by atoms with Gasteiger partial charge in [0.1, 0.15) is 5.75 Å². The van der Waals surface area contributed by atoms with E-state index in [1.807, 2.05) is 12.1 Å². The van der Waals surface area contributed by atoms with E-state index >= 15 is 0 Å². The van der Waals surface area contributed by atoms with Crippen LogP contribution in [0.15, 0.2) is 36.5 Å². The number of pyridine rings is 1. The Morgan fingerprint density at radius 3 is 2.48 bits per heavy atom. The smallest absolute Gasteiger partial charge is 0.219 e. The molecule has 5 heteroatoms.